The van der Waals surface area contributed by atoms with Gasteiger partial charge in [0.2, 0.25) is 0 Å². The van der Waals surface area contributed by atoms with Gasteiger partial charge in [-0.2, -0.15) is 5.10 Å². The number of fused-ring (bicyclic) bond motifs is 1. The van der Waals surface area contributed by atoms with Gasteiger partial charge in [0.25, 0.3) is 0 Å². The maximum absolute atomic E-state index is 10.2. The molecule has 1 aliphatic rings. The maximum atomic E-state index is 10.2. The van der Waals surface area contributed by atoms with Crippen molar-refractivity contribution in [3.63, 3.8) is 0 Å². The average molecular weight is 243 g/mol. The summed E-state index contributed by atoms with van der Waals surface area (Å²) in [5.74, 6) is 0.448. The summed E-state index contributed by atoms with van der Waals surface area (Å²) in [6.07, 6.45) is 5.17. The molecule has 1 aliphatic carbocycles. The highest BCUT2D eigenvalue weighted by Gasteiger charge is 2.16. The van der Waals surface area contributed by atoms with Crippen LogP contribution in [0.2, 0.25) is 0 Å². The van der Waals surface area contributed by atoms with E-state index in [1.807, 2.05) is 0 Å². The molecule has 0 spiro atoms. The van der Waals surface area contributed by atoms with Crippen LogP contribution in [0, 0.1) is 0 Å². The van der Waals surface area contributed by atoms with Crippen LogP contribution in [-0.4, -0.2) is 15.3 Å². The summed E-state index contributed by atoms with van der Waals surface area (Å²) in [7, 11) is 0. The lowest BCUT2D eigenvalue weighted by atomic mass is 9.99. The minimum atomic E-state index is -0.594. The van der Waals surface area contributed by atoms with Crippen molar-refractivity contribution in [2.24, 2.45) is 0 Å². The van der Waals surface area contributed by atoms with Crippen LogP contribution in [0.25, 0.3) is 0 Å². The fraction of sp³-hybridized carbons (Fsp3) is 0.357. The number of aromatic nitrogens is 2. The molecule has 4 nitrogen and oxygen atoms in total. The summed E-state index contributed by atoms with van der Waals surface area (Å²) in [5.41, 5.74) is 10.4. The number of aliphatic hydroxyl groups excluding tert-OH is 1. The number of nitrogens with zero attached hydrogens (tertiary/aromatic N) is 1. The fourth-order valence-corrected chi connectivity index (χ4v) is 2.66. The molecule has 3 rings (SSSR count). The van der Waals surface area contributed by atoms with Gasteiger partial charge in [0.15, 0.2) is 0 Å². The molecule has 0 saturated heterocycles. The zero-order valence-electron chi connectivity index (χ0n) is 10.2. The van der Waals surface area contributed by atoms with Crippen LogP contribution in [0.5, 0.6) is 0 Å². The molecule has 1 aromatic carbocycles. The molecule has 1 unspecified atom stereocenters. The zero-order valence-corrected chi connectivity index (χ0v) is 10.2. The number of aliphatic hydroxyl groups is 1. The monoisotopic (exact) mass is 243 g/mol. The molecule has 0 radical (unpaired) electrons. The van der Waals surface area contributed by atoms with Crippen molar-refractivity contribution >= 4 is 5.82 Å². The van der Waals surface area contributed by atoms with E-state index in [9.17, 15) is 5.11 Å². The maximum Gasteiger partial charge on any atom is 0.124 e. The molecule has 4 heteroatoms. The van der Waals surface area contributed by atoms with E-state index in [-0.39, 0.29) is 0 Å². The van der Waals surface area contributed by atoms with Crippen molar-refractivity contribution in [1.82, 2.24) is 10.2 Å². The number of hydrogen-bond acceptors (Lipinski definition) is 3. The minimum Gasteiger partial charge on any atom is -0.388 e. The lowest BCUT2D eigenvalue weighted by molar-refractivity contribution is 0.179. The summed E-state index contributed by atoms with van der Waals surface area (Å²) < 4.78 is 0. The second-order valence-electron chi connectivity index (χ2n) is 4.92. The standard InChI is InChI=1S/C14H17N3O/c15-14-12(8-16-17-14)13(18)7-9-4-5-10-2-1-3-11(10)6-9/h4-6,8,13,18H,1-3,7H2,(H3,15,16,17). The van der Waals surface area contributed by atoms with Gasteiger partial charge in [0, 0.05) is 12.0 Å². The number of rotatable bonds is 3. The van der Waals surface area contributed by atoms with E-state index in [1.165, 1.54) is 24.0 Å². The van der Waals surface area contributed by atoms with Crippen LogP contribution in [-0.2, 0) is 19.3 Å². The SMILES string of the molecule is Nc1[nH]ncc1C(O)Cc1ccc2c(c1)CCC2. The summed E-state index contributed by atoms with van der Waals surface area (Å²) in [6.45, 7) is 0. The number of nitrogens with one attached hydrogen (secondary N) is 1. The largest absolute Gasteiger partial charge is 0.388 e. The van der Waals surface area contributed by atoms with Crippen LogP contribution < -0.4 is 5.73 Å². The van der Waals surface area contributed by atoms with Crippen LogP contribution >= 0.6 is 0 Å². The first-order chi connectivity index (χ1) is 8.74. The predicted octanol–water partition coefficient (Wildman–Crippen LogP) is 1.76. The predicted molar refractivity (Wildman–Crippen MR) is 70.1 cm³/mol. The second kappa shape index (κ2) is 4.46. The Morgan fingerprint density at radius 3 is 2.94 bits per heavy atom. The first-order valence-electron chi connectivity index (χ1n) is 6.31. The van der Waals surface area contributed by atoms with Gasteiger partial charge in [-0.25, -0.2) is 0 Å². The van der Waals surface area contributed by atoms with E-state index in [4.69, 9.17) is 5.73 Å². The quantitative estimate of drug-likeness (QED) is 0.769. The number of anilines is 1. The van der Waals surface area contributed by atoms with E-state index in [2.05, 4.69) is 28.4 Å². The van der Waals surface area contributed by atoms with E-state index >= 15 is 0 Å². The van der Waals surface area contributed by atoms with Gasteiger partial charge < -0.3 is 10.8 Å². The van der Waals surface area contributed by atoms with Gasteiger partial charge in [0.05, 0.1) is 12.3 Å². The Hall–Kier alpha value is -1.81. The van der Waals surface area contributed by atoms with Crippen molar-refractivity contribution < 1.29 is 5.11 Å². The average Bonchev–Trinajstić information content (AvgIpc) is 2.96. The number of nitrogen functional groups attached to an aromatic ring is 1. The third-order valence-corrected chi connectivity index (χ3v) is 3.65. The van der Waals surface area contributed by atoms with Gasteiger partial charge in [-0.1, -0.05) is 18.2 Å². The van der Waals surface area contributed by atoms with Gasteiger partial charge in [-0.3, -0.25) is 5.10 Å². The molecule has 1 aromatic heterocycles. The molecule has 0 saturated carbocycles. The van der Waals surface area contributed by atoms with Crippen LogP contribution in [0.3, 0.4) is 0 Å². The highest BCUT2D eigenvalue weighted by atomic mass is 16.3. The molecular weight excluding hydrogens is 226 g/mol. The number of benzene rings is 1. The molecule has 0 amide bonds. The summed E-state index contributed by atoms with van der Waals surface area (Å²) in [5, 5.41) is 16.6. The summed E-state index contributed by atoms with van der Waals surface area (Å²) >= 11 is 0. The summed E-state index contributed by atoms with van der Waals surface area (Å²) in [4.78, 5) is 0. The van der Waals surface area contributed by atoms with Gasteiger partial charge >= 0.3 is 0 Å². The Morgan fingerprint density at radius 1 is 1.33 bits per heavy atom. The van der Waals surface area contributed by atoms with Gasteiger partial charge in [-0.05, 0) is 36.0 Å². The van der Waals surface area contributed by atoms with Crippen LogP contribution in [0.4, 0.5) is 5.82 Å². The highest BCUT2D eigenvalue weighted by molar-refractivity contribution is 5.40. The highest BCUT2D eigenvalue weighted by Crippen LogP contribution is 2.26. The van der Waals surface area contributed by atoms with E-state index in [0.717, 1.165) is 12.0 Å². The molecule has 2 aromatic rings. The zero-order chi connectivity index (χ0) is 12.5. The number of nitrogens with two attached hydrogens (primary N) is 1. The van der Waals surface area contributed by atoms with Gasteiger partial charge in [-0.15, -0.1) is 0 Å². The Bertz CT molecular complexity index is 562. The van der Waals surface area contributed by atoms with Crippen molar-refractivity contribution in [2.45, 2.75) is 31.8 Å². The van der Waals surface area contributed by atoms with E-state index in [0.29, 0.717) is 17.8 Å². The first-order valence-corrected chi connectivity index (χ1v) is 6.31. The first kappa shape index (κ1) is 11.3. The van der Waals surface area contributed by atoms with Crippen molar-refractivity contribution in [3.8, 4) is 0 Å². The fourth-order valence-electron chi connectivity index (χ4n) is 2.66. The Balaban J connectivity index is 1.79. The Kier molecular flexibility index (Phi) is 2.80. The third-order valence-electron chi connectivity index (χ3n) is 3.65. The second-order valence-corrected chi connectivity index (χ2v) is 4.92. The lowest BCUT2D eigenvalue weighted by Gasteiger charge is -2.11. The Labute approximate surface area is 106 Å². The molecule has 94 valence electrons. The minimum absolute atomic E-state index is 0.448. The molecule has 1 atom stereocenters. The number of H-pyrrole nitrogens is 1. The number of hydrogen-bond donors (Lipinski definition) is 3. The van der Waals surface area contributed by atoms with Gasteiger partial charge in [0.1, 0.15) is 5.82 Å². The summed E-state index contributed by atoms with van der Waals surface area (Å²) in [6, 6.07) is 6.49. The molecule has 0 aliphatic heterocycles. The van der Waals surface area contributed by atoms with Crippen molar-refractivity contribution in [1.29, 1.82) is 0 Å². The van der Waals surface area contributed by atoms with E-state index in [1.54, 1.807) is 6.20 Å². The lowest BCUT2D eigenvalue weighted by Crippen LogP contribution is -2.04. The molecule has 0 bridgehead atoms. The van der Waals surface area contributed by atoms with Crippen LogP contribution in [0.1, 0.15) is 34.8 Å². The smallest absolute Gasteiger partial charge is 0.124 e. The van der Waals surface area contributed by atoms with Crippen molar-refractivity contribution in [3.05, 3.63) is 46.6 Å². The molecule has 0 fully saturated rings. The van der Waals surface area contributed by atoms with E-state index < -0.39 is 6.10 Å². The van der Waals surface area contributed by atoms with Crippen molar-refractivity contribution in [2.75, 3.05) is 5.73 Å². The topological polar surface area (TPSA) is 74.9 Å². The molecular formula is C14H17N3O. The Morgan fingerprint density at radius 2 is 2.17 bits per heavy atom. The number of aromatic amines is 1. The normalized spacial score (nSPS) is 15.6. The molecule has 18 heavy (non-hydrogen) atoms. The number of aryl methyl sites for hydroxylation is 2. The van der Waals surface area contributed by atoms with Crippen LogP contribution in [0.15, 0.2) is 24.4 Å². The molecule has 4 N–H and O–H groups in total. The molecule has 1 heterocycles. The third kappa shape index (κ3) is 1.99.